The first-order chi connectivity index (χ1) is 30.1. The number of carbonyl (C=O) groups is 3. The summed E-state index contributed by atoms with van der Waals surface area (Å²) in [7, 11) is 5.54. The molecule has 2 atom stereocenters. The number of quaternary nitrogens is 1. The Bertz CT molecular complexity index is 1070. The molecule has 0 aromatic heterocycles. The minimum atomic E-state index is -0.873. The van der Waals surface area contributed by atoms with Gasteiger partial charge in [-0.25, -0.2) is 4.79 Å². The Balaban J connectivity index is 4.19. The van der Waals surface area contributed by atoms with E-state index in [0.29, 0.717) is 19.3 Å². The van der Waals surface area contributed by atoms with Crippen LogP contribution in [0.4, 0.5) is 0 Å². The third-order valence-electron chi connectivity index (χ3n) is 12.1. The van der Waals surface area contributed by atoms with E-state index >= 15 is 0 Å². The Kier molecular flexibility index (Phi) is 43.8. The first kappa shape index (κ1) is 59.8. The van der Waals surface area contributed by atoms with Crippen LogP contribution in [0.2, 0.25) is 0 Å². The quantitative estimate of drug-likeness (QED) is 0.0281. The summed E-state index contributed by atoms with van der Waals surface area (Å²) in [5.41, 5.74) is 0. The van der Waals surface area contributed by atoms with E-state index in [1.807, 2.05) is 21.1 Å². The zero-order valence-corrected chi connectivity index (χ0v) is 41.6. The maximum atomic E-state index is 12.8. The van der Waals surface area contributed by atoms with Gasteiger partial charge in [0.05, 0.1) is 34.4 Å². The minimum absolute atomic E-state index is 0.0504. The summed E-state index contributed by atoms with van der Waals surface area (Å²) in [5.74, 6) is -1.46. The summed E-state index contributed by atoms with van der Waals surface area (Å²) in [6, 6.07) is -0.613. The summed E-state index contributed by atoms with van der Waals surface area (Å²) < 4.78 is 17.4. The lowest BCUT2D eigenvalue weighted by molar-refractivity contribution is -0.887. The van der Waals surface area contributed by atoms with Gasteiger partial charge in [0.25, 0.3) is 0 Å². The lowest BCUT2D eigenvalue weighted by Crippen LogP contribution is -2.50. The molecule has 2 unspecified atom stereocenters. The number of carboxylic acid groups (broad SMARTS) is 1. The summed E-state index contributed by atoms with van der Waals surface area (Å²) in [4.78, 5) is 37.1. The van der Waals surface area contributed by atoms with Gasteiger partial charge in [-0.3, -0.25) is 9.59 Å². The van der Waals surface area contributed by atoms with E-state index < -0.39 is 18.1 Å². The van der Waals surface area contributed by atoms with Crippen molar-refractivity contribution in [2.45, 2.75) is 264 Å². The zero-order valence-electron chi connectivity index (χ0n) is 41.6. The number of aliphatic carboxylic acids is 1. The molecule has 0 rings (SSSR count). The normalized spacial score (nSPS) is 13.0. The predicted octanol–water partition coefficient (Wildman–Crippen LogP) is 15.2. The van der Waals surface area contributed by atoms with E-state index in [1.54, 1.807) is 0 Å². The van der Waals surface area contributed by atoms with Crippen LogP contribution >= 0.6 is 0 Å². The third kappa shape index (κ3) is 43.1. The lowest BCUT2D eigenvalue weighted by Gasteiger charge is -2.31. The van der Waals surface area contributed by atoms with Crippen molar-refractivity contribution in [1.82, 2.24) is 0 Å². The molecule has 1 N–H and O–H groups in total. The van der Waals surface area contributed by atoms with Crippen LogP contribution in [0.5, 0.6) is 0 Å². The van der Waals surface area contributed by atoms with E-state index in [4.69, 9.17) is 14.2 Å². The van der Waals surface area contributed by atoms with Crippen LogP contribution in [-0.2, 0) is 28.6 Å². The second-order valence-electron chi connectivity index (χ2n) is 19.1. The molecule has 0 aliphatic heterocycles. The van der Waals surface area contributed by atoms with E-state index in [0.717, 1.165) is 51.4 Å². The fraction of sp³-hybridized carbons (Fsp3) is 0.870. The van der Waals surface area contributed by atoms with E-state index in [1.165, 1.54) is 167 Å². The van der Waals surface area contributed by atoms with Gasteiger partial charge in [-0.2, -0.15) is 0 Å². The van der Waals surface area contributed by atoms with Crippen LogP contribution in [0.3, 0.4) is 0 Å². The molecular formula is C54H102NO7+. The molecule has 0 fully saturated rings. The first-order valence-corrected chi connectivity index (χ1v) is 26.4. The van der Waals surface area contributed by atoms with Crippen LogP contribution in [0.1, 0.15) is 251 Å². The van der Waals surface area contributed by atoms with Crippen molar-refractivity contribution in [3.05, 3.63) is 24.3 Å². The Hall–Kier alpha value is -2.19. The molecule has 364 valence electrons. The van der Waals surface area contributed by atoms with Crippen LogP contribution < -0.4 is 0 Å². The molecule has 0 heterocycles. The number of likely N-dealkylation sites (N-methyl/N-ethyl adjacent to an activating group) is 1. The number of rotatable bonds is 48. The molecule has 8 nitrogen and oxygen atoms in total. The fourth-order valence-corrected chi connectivity index (χ4v) is 8.01. The minimum Gasteiger partial charge on any atom is -0.477 e. The number of hydrogen-bond acceptors (Lipinski definition) is 6. The Labute approximate surface area is 383 Å². The molecule has 0 saturated carbocycles. The van der Waals surface area contributed by atoms with Gasteiger partial charge in [-0.1, -0.05) is 212 Å². The standard InChI is InChI=1S/C54H101NO7/c1-6-8-10-12-14-16-18-20-22-23-24-25-26-27-28-29-31-32-34-36-38-40-42-44-52(56)61-49-50(48-60-47-46-51(54(58)59)55(3,4)5)62-53(57)45-43-41-39-37-35-33-30-21-19-17-15-13-11-9-7-2/h24-25,27-28,50-51H,6-23,26,29-49H2,1-5H3/p+1/b25-24+,28-27+. The fourth-order valence-electron chi connectivity index (χ4n) is 8.01. The van der Waals surface area contributed by atoms with Crippen LogP contribution in [-0.4, -0.2) is 80.6 Å². The van der Waals surface area contributed by atoms with Gasteiger partial charge >= 0.3 is 17.9 Å². The highest BCUT2D eigenvalue weighted by atomic mass is 16.6. The second kappa shape index (κ2) is 45.4. The van der Waals surface area contributed by atoms with Crippen molar-refractivity contribution >= 4 is 17.9 Å². The number of hydrogen-bond donors (Lipinski definition) is 1. The number of nitrogens with zero attached hydrogens (tertiary/aromatic N) is 1. The third-order valence-corrected chi connectivity index (χ3v) is 12.1. The molecule has 0 aromatic carbocycles. The van der Waals surface area contributed by atoms with Crippen LogP contribution in [0.15, 0.2) is 24.3 Å². The van der Waals surface area contributed by atoms with Crippen LogP contribution in [0, 0.1) is 0 Å². The number of carboxylic acids is 1. The molecule has 0 spiro atoms. The van der Waals surface area contributed by atoms with Gasteiger partial charge < -0.3 is 23.8 Å². The molecule has 8 heteroatoms. The van der Waals surface area contributed by atoms with Crippen molar-refractivity contribution < 1.29 is 38.2 Å². The number of carbonyl (C=O) groups excluding carboxylic acids is 2. The number of esters is 2. The van der Waals surface area contributed by atoms with E-state index in [9.17, 15) is 19.5 Å². The molecule has 62 heavy (non-hydrogen) atoms. The van der Waals surface area contributed by atoms with Crippen molar-refractivity contribution in [2.75, 3.05) is 41.0 Å². The number of ether oxygens (including phenoxy) is 3. The topological polar surface area (TPSA) is 99.1 Å². The monoisotopic (exact) mass is 877 g/mol. The van der Waals surface area contributed by atoms with Gasteiger partial charge in [0.1, 0.15) is 6.61 Å². The summed E-state index contributed by atoms with van der Waals surface area (Å²) in [6.45, 7) is 4.77. The van der Waals surface area contributed by atoms with Gasteiger partial charge in [0.15, 0.2) is 12.1 Å². The highest BCUT2D eigenvalue weighted by molar-refractivity contribution is 5.72. The van der Waals surface area contributed by atoms with Gasteiger partial charge in [-0.05, 0) is 44.9 Å². The Morgan fingerprint density at radius 1 is 0.484 bits per heavy atom. The molecule has 0 aliphatic carbocycles. The average molecular weight is 877 g/mol. The first-order valence-electron chi connectivity index (χ1n) is 26.4. The smallest absolute Gasteiger partial charge is 0.362 e. The SMILES string of the molecule is CCCCCCCCCCC/C=C/C/C=C/CCCCCCCCCC(=O)OCC(COCCC(C(=O)O)[N+](C)(C)C)OC(=O)CCCCCCCCCCCCCCCCC. The molecular weight excluding hydrogens is 775 g/mol. The van der Waals surface area contributed by atoms with E-state index in [-0.39, 0.29) is 36.2 Å². The molecule has 0 saturated heterocycles. The predicted molar refractivity (Wildman–Crippen MR) is 262 cm³/mol. The molecule has 0 radical (unpaired) electrons. The number of unbranched alkanes of at least 4 members (excludes halogenated alkanes) is 30. The van der Waals surface area contributed by atoms with Gasteiger partial charge in [-0.15, -0.1) is 0 Å². The maximum absolute atomic E-state index is 12.8. The van der Waals surface area contributed by atoms with Crippen molar-refractivity contribution in [3.63, 3.8) is 0 Å². The highest BCUT2D eigenvalue weighted by Crippen LogP contribution is 2.16. The molecule has 0 aliphatic rings. The molecule has 0 amide bonds. The largest absolute Gasteiger partial charge is 0.477 e. The number of allylic oxidation sites excluding steroid dienone is 4. The van der Waals surface area contributed by atoms with Gasteiger partial charge in [0.2, 0.25) is 0 Å². The lowest BCUT2D eigenvalue weighted by atomic mass is 10.0. The summed E-state index contributed by atoms with van der Waals surface area (Å²) >= 11 is 0. The highest BCUT2D eigenvalue weighted by Gasteiger charge is 2.31. The average Bonchev–Trinajstić information content (AvgIpc) is 3.23. The van der Waals surface area contributed by atoms with Crippen LogP contribution in [0.25, 0.3) is 0 Å². The van der Waals surface area contributed by atoms with Crippen molar-refractivity contribution in [1.29, 1.82) is 0 Å². The van der Waals surface area contributed by atoms with Crippen molar-refractivity contribution in [3.8, 4) is 0 Å². The Morgan fingerprint density at radius 3 is 1.24 bits per heavy atom. The summed E-state index contributed by atoms with van der Waals surface area (Å²) in [6.07, 6.45) is 52.3. The maximum Gasteiger partial charge on any atom is 0.362 e. The van der Waals surface area contributed by atoms with Gasteiger partial charge in [0, 0.05) is 19.3 Å². The molecule has 0 aromatic rings. The Morgan fingerprint density at radius 2 is 0.855 bits per heavy atom. The zero-order chi connectivity index (χ0) is 45.6. The molecule has 0 bridgehead atoms. The second-order valence-corrected chi connectivity index (χ2v) is 19.1. The summed E-state index contributed by atoms with van der Waals surface area (Å²) in [5, 5.41) is 9.65. The van der Waals surface area contributed by atoms with E-state index in [2.05, 4.69) is 38.2 Å². The van der Waals surface area contributed by atoms with Crippen molar-refractivity contribution in [2.24, 2.45) is 0 Å².